The molecule has 2 aromatic heterocycles. The third kappa shape index (κ3) is 7.07. The van der Waals surface area contributed by atoms with Gasteiger partial charge in [0, 0.05) is 14.2 Å². The van der Waals surface area contributed by atoms with Gasteiger partial charge in [-0.3, -0.25) is 0 Å². The monoisotopic (exact) mass is 892 g/mol. The summed E-state index contributed by atoms with van der Waals surface area (Å²) >= 11 is 4.02. The van der Waals surface area contributed by atoms with Gasteiger partial charge >= 0.3 is 0 Å². The van der Waals surface area contributed by atoms with Crippen molar-refractivity contribution in [3.05, 3.63) is 254 Å². The number of anilines is 1. The molecular weight excluding hydrogens is 856 g/mol. The number of thioether (sulfide) groups is 1. The molecule has 0 bridgehead atoms. The molecule has 0 aliphatic heterocycles. The van der Waals surface area contributed by atoms with Crippen LogP contribution in [-0.4, -0.2) is 20.0 Å². The van der Waals surface area contributed by atoms with Crippen LogP contribution in [0.5, 0.6) is 0 Å². The van der Waals surface area contributed by atoms with Gasteiger partial charge in [-0.25, -0.2) is 9.67 Å². The lowest BCUT2D eigenvalue weighted by Gasteiger charge is -2.38. The topological polar surface area (TPSA) is 79.4 Å². The number of benzene rings is 7. The number of nitrogens with one attached hydrogen (secondary N) is 1. The molecule has 0 saturated heterocycles. The van der Waals surface area contributed by atoms with Crippen molar-refractivity contribution >= 4 is 51.3 Å². The second kappa shape index (κ2) is 16.7. The molecule has 7 aromatic carbocycles. The first kappa shape index (κ1) is 38.0. The molecule has 2 heterocycles. The van der Waals surface area contributed by atoms with Crippen molar-refractivity contribution in [3.63, 3.8) is 0 Å². The normalized spacial score (nSPS) is 11.6. The molecule has 0 spiro atoms. The Hall–Kier alpha value is -6.54. The van der Waals surface area contributed by atoms with Crippen LogP contribution in [-0.2, 0) is 16.8 Å². The first-order chi connectivity index (χ1) is 29.1. The average molecular weight is 893 g/mol. The summed E-state index contributed by atoms with van der Waals surface area (Å²) in [5.74, 6) is 1.27. The molecule has 6 nitrogen and oxygen atoms in total. The molecule has 0 fully saturated rings. The standard InChI is InChI=1S/C51H37IN6S/c52-45-32-31-37(35-53)33-38(45)36-59-46-34-47(55-50(39-19-7-1-8-20-39,40-21-9-2-10-22-40)41-23-11-3-12-24-41)54-49-48(46)56-57-58(49)51(42-25-13-4-14-26-42,43-27-15-5-16-28-43)44-29-17-6-18-30-44/h1-34H,36H2,(H,54,55). The molecule has 0 amide bonds. The van der Waals surface area contributed by atoms with Crippen molar-refractivity contribution in [2.75, 3.05) is 5.32 Å². The molecule has 0 saturated carbocycles. The number of rotatable bonds is 12. The quantitative estimate of drug-likeness (QED) is 0.0748. The van der Waals surface area contributed by atoms with Crippen LogP contribution in [0.3, 0.4) is 0 Å². The van der Waals surface area contributed by atoms with Gasteiger partial charge in [-0.05, 0) is 85.8 Å². The average Bonchev–Trinajstić information content (AvgIpc) is 3.74. The van der Waals surface area contributed by atoms with E-state index in [1.807, 2.05) is 59.3 Å². The molecule has 284 valence electrons. The molecule has 0 aliphatic rings. The van der Waals surface area contributed by atoms with Crippen LogP contribution >= 0.6 is 34.4 Å². The number of fused-ring (bicyclic) bond motifs is 1. The van der Waals surface area contributed by atoms with Crippen LogP contribution in [0.2, 0.25) is 0 Å². The van der Waals surface area contributed by atoms with E-state index in [-0.39, 0.29) is 0 Å². The molecule has 9 rings (SSSR count). The number of nitrogens with zero attached hydrogens (tertiary/aromatic N) is 5. The highest BCUT2D eigenvalue weighted by molar-refractivity contribution is 14.1. The fraction of sp³-hybridized carbons (Fsp3) is 0.0588. The van der Waals surface area contributed by atoms with Crippen molar-refractivity contribution in [3.8, 4) is 6.07 Å². The number of halogens is 1. The Labute approximate surface area is 361 Å². The number of hydrogen-bond acceptors (Lipinski definition) is 6. The second-order valence-corrected chi connectivity index (χ2v) is 16.3. The Morgan fingerprint density at radius 3 is 1.46 bits per heavy atom. The lowest BCUT2D eigenvalue weighted by atomic mass is 9.77. The van der Waals surface area contributed by atoms with E-state index in [1.54, 1.807) is 11.8 Å². The van der Waals surface area contributed by atoms with E-state index in [0.717, 1.165) is 47.4 Å². The predicted octanol–water partition coefficient (Wildman–Crippen LogP) is 11.8. The zero-order valence-electron chi connectivity index (χ0n) is 31.9. The smallest absolute Gasteiger partial charge is 0.183 e. The van der Waals surface area contributed by atoms with Crippen molar-refractivity contribution in [2.45, 2.75) is 21.7 Å². The predicted molar refractivity (Wildman–Crippen MR) is 246 cm³/mol. The summed E-state index contributed by atoms with van der Waals surface area (Å²) in [6.45, 7) is 0. The van der Waals surface area contributed by atoms with Gasteiger partial charge in [0.2, 0.25) is 0 Å². The minimum atomic E-state index is -0.946. The van der Waals surface area contributed by atoms with Gasteiger partial charge < -0.3 is 5.32 Å². The van der Waals surface area contributed by atoms with Crippen LogP contribution in [0.25, 0.3) is 11.2 Å². The highest BCUT2D eigenvalue weighted by Crippen LogP contribution is 2.45. The molecule has 9 aromatic rings. The first-order valence-electron chi connectivity index (χ1n) is 19.3. The van der Waals surface area contributed by atoms with Gasteiger partial charge in [-0.1, -0.05) is 187 Å². The Morgan fingerprint density at radius 2 is 1.02 bits per heavy atom. The maximum Gasteiger partial charge on any atom is 0.183 e. The van der Waals surface area contributed by atoms with E-state index in [2.05, 4.69) is 186 Å². The number of nitriles is 1. The van der Waals surface area contributed by atoms with E-state index in [1.165, 1.54) is 0 Å². The lowest BCUT2D eigenvalue weighted by Crippen LogP contribution is -2.39. The van der Waals surface area contributed by atoms with Crippen LogP contribution in [0.4, 0.5) is 5.82 Å². The van der Waals surface area contributed by atoms with Crippen LogP contribution in [0.1, 0.15) is 44.5 Å². The highest BCUT2D eigenvalue weighted by Gasteiger charge is 2.42. The summed E-state index contributed by atoms with van der Waals surface area (Å²) in [4.78, 5) is 6.48. The maximum atomic E-state index is 9.77. The van der Waals surface area contributed by atoms with Crippen molar-refractivity contribution in [2.24, 2.45) is 0 Å². The minimum Gasteiger partial charge on any atom is -0.353 e. The van der Waals surface area contributed by atoms with E-state index >= 15 is 0 Å². The molecule has 0 unspecified atom stereocenters. The summed E-state index contributed by atoms with van der Waals surface area (Å²) < 4.78 is 3.10. The zero-order valence-corrected chi connectivity index (χ0v) is 34.8. The van der Waals surface area contributed by atoms with E-state index < -0.39 is 11.1 Å². The molecule has 0 radical (unpaired) electrons. The first-order valence-corrected chi connectivity index (χ1v) is 21.4. The molecular formula is C51H37IN6S. The molecule has 1 N–H and O–H groups in total. The van der Waals surface area contributed by atoms with Crippen molar-refractivity contribution in [1.82, 2.24) is 20.0 Å². The number of hydrogen-bond donors (Lipinski definition) is 1. The number of aromatic nitrogens is 4. The SMILES string of the molecule is N#Cc1ccc(I)c(CSc2cc(NC(c3ccccc3)(c3ccccc3)c3ccccc3)nc3c2nnn3C(c2ccccc2)(c2ccccc2)c2ccccc2)c1. The number of pyridine rings is 1. The molecule has 59 heavy (non-hydrogen) atoms. The van der Waals surface area contributed by atoms with Crippen LogP contribution in [0, 0.1) is 14.9 Å². The lowest BCUT2D eigenvalue weighted by molar-refractivity contribution is 0.457. The second-order valence-electron chi connectivity index (χ2n) is 14.2. The Kier molecular flexibility index (Phi) is 10.8. The summed E-state index contributed by atoms with van der Waals surface area (Å²) in [5.41, 5.74) is 7.49. The third-order valence-electron chi connectivity index (χ3n) is 10.8. The van der Waals surface area contributed by atoms with E-state index in [9.17, 15) is 5.26 Å². The Bertz CT molecular complexity index is 2670. The van der Waals surface area contributed by atoms with Crippen molar-refractivity contribution in [1.29, 1.82) is 5.26 Å². The van der Waals surface area contributed by atoms with E-state index in [0.29, 0.717) is 28.3 Å². The maximum absolute atomic E-state index is 9.77. The van der Waals surface area contributed by atoms with Crippen LogP contribution in [0.15, 0.2) is 211 Å². The molecule has 8 heteroatoms. The van der Waals surface area contributed by atoms with Gasteiger partial charge in [0.1, 0.15) is 22.4 Å². The van der Waals surface area contributed by atoms with Crippen molar-refractivity contribution < 1.29 is 0 Å². The van der Waals surface area contributed by atoms with Gasteiger partial charge in [-0.15, -0.1) is 16.9 Å². The summed E-state index contributed by atoms with van der Waals surface area (Å²) in [7, 11) is 0. The summed E-state index contributed by atoms with van der Waals surface area (Å²) in [6.07, 6.45) is 0. The third-order valence-corrected chi connectivity index (χ3v) is 12.9. The van der Waals surface area contributed by atoms with Gasteiger partial charge in [-0.2, -0.15) is 5.26 Å². The van der Waals surface area contributed by atoms with Gasteiger partial charge in [0.25, 0.3) is 0 Å². The Balaban J connectivity index is 1.34. The Morgan fingerprint density at radius 1 is 0.576 bits per heavy atom. The van der Waals surface area contributed by atoms with Gasteiger partial charge in [0.15, 0.2) is 5.65 Å². The minimum absolute atomic E-state index is 0.613. The molecule has 0 aliphatic carbocycles. The highest BCUT2D eigenvalue weighted by atomic mass is 127. The van der Waals surface area contributed by atoms with Gasteiger partial charge in [0.05, 0.1) is 11.6 Å². The zero-order chi connectivity index (χ0) is 40.1. The van der Waals surface area contributed by atoms with E-state index in [4.69, 9.17) is 15.3 Å². The summed E-state index contributed by atoms with van der Waals surface area (Å²) in [6, 6.07) is 73.4. The van der Waals surface area contributed by atoms with Crippen LogP contribution < -0.4 is 5.32 Å². The fourth-order valence-corrected chi connectivity index (χ4v) is 9.86. The largest absolute Gasteiger partial charge is 0.353 e. The molecule has 0 atom stereocenters. The summed E-state index contributed by atoms with van der Waals surface area (Å²) in [5, 5.41) is 23.9. The fourth-order valence-electron chi connectivity index (χ4n) is 8.06.